The lowest BCUT2D eigenvalue weighted by atomic mass is 9.96. The van der Waals surface area contributed by atoms with Crippen LogP contribution in [-0.4, -0.2) is 83.4 Å². The molecule has 0 aromatic heterocycles. The van der Waals surface area contributed by atoms with E-state index in [-0.39, 0.29) is 45.0 Å². The van der Waals surface area contributed by atoms with Gasteiger partial charge in [0.2, 0.25) is 0 Å². The van der Waals surface area contributed by atoms with E-state index in [2.05, 4.69) is 0 Å². The van der Waals surface area contributed by atoms with Crippen molar-refractivity contribution in [3.05, 3.63) is 0 Å². The van der Waals surface area contributed by atoms with Gasteiger partial charge in [-0.2, -0.15) is 0 Å². The molecule has 0 aromatic rings. The van der Waals surface area contributed by atoms with Crippen LogP contribution in [0.4, 0.5) is 0 Å². The summed E-state index contributed by atoms with van der Waals surface area (Å²) < 4.78 is 44.1. The van der Waals surface area contributed by atoms with Crippen molar-refractivity contribution in [2.75, 3.05) is 26.3 Å². The second-order valence-electron chi connectivity index (χ2n) is 6.58. The number of phosphoric ester groups is 1. The monoisotopic (exact) mass is 390 g/mol. The largest absolute Gasteiger partial charge is 0.472 e. The first-order valence-electron chi connectivity index (χ1n) is 8.74. The van der Waals surface area contributed by atoms with Gasteiger partial charge in [0.05, 0.1) is 38.1 Å². The van der Waals surface area contributed by atoms with Crippen LogP contribution in [0, 0.1) is 0 Å². The molecule has 11 heteroatoms. The maximum Gasteiger partial charge on any atom is 0.472 e. The molecule has 26 heavy (non-hydrogen) atoms. The number of phosphoric acid groups is 1. The van der Waals surface area contributed by atoms with Crippen molar-refractivity contribution in [3.63, 3.8) is 0 Å². The van der Waals surface area contributed by atoms with E-state index in [4.69, 9.17) is 43.7 Å². The highest BCUT2D eigenvalue weighted by atomic mass is 31.2. The summed E-state index contributed by atoms with van der Waals surface area (Å²) >= 11 is 0. The molecular formula is C15H29B2O8P. The van der Waals surface area contributed by atoms with Crippen LogP contribution in [0.5, 0.6) is 0 Å². The molecule has 1 heterocycles. The number of ether oxygens (including phenoxy) is 4. The molecule has 5 atom stereocenters. The quantitative estimate of drug-likeness (QED) is 0.370. The minimum absolute atomic E-state index is 0.0108. The van der Waals surface area contributed by atoms with E-state index in [9.17, 15) is 9.46 Å². The number of hydrogen-bond acceptors (Lipinski definition) is 7. The lowest BCUT2D eigenvalue weighted by Crippen LogP contribution is -2.31. The van der Waals surface area contributed by atoms with Crippen LogP contribution in [0.15, 0.2) is 0 Å². The summed E-state index contributed by atoms with van der Waals surface area (Å²) in [6.07, 6.45) is -1.61. The van der Waals surface area contributed by atoms with E-state index < -0.39 is 32.1 Å². The van der Waals surface area contributed by atoms with E-state index in [1.54, 1.807) is 0 Å². The average molecular weight is 390 g/mol. The summed E-state index contributed by atoms with van der Waals surface area (Å²) in [5.41, 5.74) is 0. The van der Waals surface area contributed by atoms with Crippen molar-refractivity contribution in [2.24, 2.45) is 0 Å². The summed E-state index contributed by atoms with van der Waals surface area (Å²) in [5.74, 6) is 0. The Balaban J connectivity index is 2.52. The number of rotatable bonds is 13. The summed E-state index contributed by atoms with van der Waals surface area (Å²) in [4.78, 5) is 10.00. The van der Waals surface area contributed by atoms with Gasteiger partial charge < -0.3 is 23.8 Å². The molecule has 1 aliphatic rings. The van der Waals surface area contributed by atoms with Crippen molar-refractivity contribution in [2.45, 2.75) is 70.6 Å². The SMILES string of the molecule is [B]CO[C@@H](COC(C)C)COP(=O)(O)O[C@@H]1C[C@H]([B])O[C@@H]1COC(C)C. The summed E-state index contributed by atoms with van der Waals surface area (Å²) in [7, 11) is 6.76. The van der Waals surface area contributed by atoms with Gasteiger partial charge >= 0.3 is 7.82 Å². The van der Waals surface area contributed by atoms with Gasteiger partial charge in [0, 0.05) is 12.5 Å². The highest BCUT2D eigenvalue weighted by molar-refractivity contribution is 7.47. The predicted octanol–water partition coefficient (Wildman–Crippen LogP) is 1.13. The van der Waals surface area contributed by atoms with Crippen LogP contribution in [0.1, 0.15) is 34.1 Å². The van der Waals surface area contributed by atoms with Crippen LogP contribution in [0.25, 0.3) is 0 Å². The molecule has 0 spiro atoms. The molecule has 1 rings (SSSR count). The Morgan fingerprint density at radius 1 is 1.15 bits per heavy atom. The first kappa shape index (κ1) is 24.1. The van der Waals surface area contributed by atoms with Gasteiger partial charge in [-0.1, -0.05) is 0 Å². The van der Waals surface area contributed by atoms with E-state index in [1.165, 1.54) is 0 Å². The molecule has 148 valence electrons. The molecule has 1 unspecified atom stereocenters. The van der Waals surface area contributed by atoms with E-state index >= 15 is 0 Å². The second kappa shape index (κ2) is 11.8. The molecule has 0 saturated carbocycles. The molecular weight excluding hydrogens is 361 g/mol. The van der Waals surface area contributed by atoms with E-state index in [0.29, 0.717) is 0 Å². The first-order chi connectivity index (χ1) is 12.1. The maximum absolute atomic E-state index is 12.3. The lowest BCUT2D eigenvalue weighted by Gasteiger charge is -2.24. The van der Waals surface area contributed by atoms with Crippen molar-refractivity contribution < 1.29 is 37.5 Å². The summed E-state index contributed by atoms with van der Waals surface area (Å²) in [6, 6.07) is -0.589. The molecule has 1 N–H and O–H groups in total. The average Bonchev–Trinajstić information content (AvgIpc) is 2.86. The minimum atomic E-state index is -4.35. The van der Waals surface area contributed by atoms with Crippen molar-refractivity contribution in [1.82, 2.24) is 0 Å². The standard InChI is InChI=1S/C15H29B2O8P/c1-10(2)20-6-12(22-9-16)7-23-26(18,19)25-13-5-15(17)24-14(13)8-21-11(3)4/h10-15H,5-9H2,1-4H3,(H,18,19)/t12-,13+,14+,15+/m0/s1. The minimum Gasteiger partial charge on any atom is -0.383 e. The maximum atomic E-state index is 12.3. The summed E-state index contributed by atoms with van der Waals surface area (Å²) in [5, 5.41) is 0. The van der Waals surface area contributed by atoms with Gasteiger partial charge in [-0.05, 0) is 34.1 Å². The Bertz CT molecular complexity index is 440. The fourth-order valence-corrected chi connectivity index (χ4v) is 3.23. The summed E-state index contributed by atoms with van der Waals surface area (Å²) in [6.45, 7) is 7.60. The van der Waals surface area contributed by atoms with Gasteiger partial charge in [0.25, 0.3) is 0 Å². The Morgan fingerprint density at radius 2 is 1.81 bits per heavy atom. The van der Waals surface area contributed by atoms with Crippen molar-refractivity contribution in [3.8, 4) is 0 Å². The normalized spacial score (nSPS) is 27.1. The molecule has 1 fully saturated rings. The molecule has 4 radical (unpaired) electrons. The van der Waals surface area contributed by atoms with Crippen LogP contribution in [0.2, 0.25) is 0 Å². The molecule has 8 nitrogen and oxygen atoms in total. The Labute approximate surface area is 158 Å². The smallest absolute Gasteiger partial charge is 0.383 e. The van der Waals surface area contributed by atoms with Gasteiger partial charge in [0.1, 0.15) is 27.9 Å². The lowest BCUT2D eigenvalue weighted by molar-refractivity contribution is -0.0575. The van der Waals surface area contributed by atoms with Gasteiger partial charge in [-0.15, -0.1) is 0 Å². The Hall–Kier alpha value is 0.0799. The fourth-order valence-electron chi connectivity index (χ4n) is 2.25. The molecule has 1 saturated heterocycles. The van der Waals surface area contributed by atoms with E-state index in [1.807, 2.05) is 27.7 Å². The fraction of sp³-hybridized carbons (Fsp3) is 1.00. The van der Waals surface area contributed by atoms with Gasteiger partial charge in [-0.3, -0.25) is 9.05 Å². The van der Waals surface area contributed by atoms with Crippen LogP contribution < -0.4 is 0 Å². The second-order valence-corrected chi connectivity index (χ2v) is 7.98. The van der Waals surface area contributed by atoms with Crippen LogP contribution in [0.3, 0.4) is 0 Å². The van der Waals surface area contributed by atoms with Crippen LogP contribution in [-0.2, 0) is 32.6 Å². The zero-order valence-electron chi connectivity index (χ0n) is 15.9. The molecule has 0 bridgehead atoms. The molecule has 0 amide bonds. The van der Waals surface area contributed by atoms with Crippen molar-refractivity contribution >= 4 is 23.5 Å². The third-order valence-corrected chi connectivity index (χ3v) is 4.47. The molecule has 0 aliphatic carbocycles. The third kappa shape index (κ3) is 9.85. The Morgan fingerprint density at radius 3 is 2.38 bits per heavy atom. The van der Waals surface area contributed by atoms with Gasteiger partial charge in [0.15, 0.2) is 0 Å². The van der Waals surface area contributed by atoms with Crippen molar-refractivity contribution in [1.29, 1.82) is 0 Å². The molecule has 1 aliphatic heterocycles. The highest BCUT2D eigenvalue weighted by Gasteiger charge is 2.39. The topological polar surface area (TPSA) is 92.7 Å². The third-order valence-electron chi connectivity index (χ3n) is 3.46. The highest BCUT2D eigenvalue weighted by Crippen LogP contribution is 2.47. The van der Waals surface area contributed by atoms with E-state index in [0.717, 1.165) is 0 Å². The first-order valence-corrected chi connectivity index (χ1v) is 10.2. The predicted molar refractivity (Wildman–Crippen MR) is 97.4 cm³/mol. The van der Waals surface area contributed by atoms with Crippen LogP contribution >= 0.6 is 7.82 Å². The zero-order chi connectivity index (χ0) is 19.7. The number of hydrogen-bond donors (Lipinski definition) is 1. The molecule has 0 aromatic carbocycles. The van der Waals surface area contributed by atoms with Gasteiger partial charge in [-0.25, -0.2) is 4.57 Å². The Kier molecular flexibility index (Phi) is 11.0. The zero-order valence-corrected chi connectivity index (χ0v) is 16.8.